The lowest BCUT2D eigenvalue weighted by molar-refractivity contribution is -0.147. The van der Waals surface area contributed by atoms with Gasteiger partial charge in [0.1, 0.15) is 17.7 Å². The molecule has 1 aliphatic rings. The zero-order valence-corrected chi connectivity index (χ0v) is 16.2. The van der Waals surface area contributed by atoms with Gasteiger partial charge in [-0.05, 0) is 23.8 Å². The van der Waals surface area contributed by atoms with Crippen molar-refractivity contribution in [3.8, 4) is 0 Å². The number of hydrogen-bond acceptors (Lipinski definition) is 5. The van der Waals surface area contributed by atoms with Crippen LogP contribution in [0.1, 0.15) is 17.2 Å². The van der Waals surface area contributed by atoms with E-state index in [0.717, 1.165) is 12.3 Å². The maximum Gasteiger partial charge on any atom is 0.417 e. The van der Waals surface area contributed by atoms with Crippen LogP contribution in [0, 0.1) is 5.82 Å². The summed E-state index contributed by atoms with van der Waals surface area (Å²) in [4.78, 5) is 19.8. The summed E-state index contributed by atoms with van der Waals surface area (Å²) in [5, 5.41) is -0.0867. The number of carbonyl (C=O) groups excluding carboxylic acids is 1. The summed E-state index contributed by atoms with van der Waals surface area (Å²) >= 11 is 6.02. The van der Waals surface area contributed by atoms with E-state index in [-0.39, 0.29) is 10.8 Å². The number of pyridine rings is 1. The van der Waals surface area contributed by atoms with Gasteiger partial charge in [0.15, 0.2) is 0 Å². The molecule has 1 fully saturated rings. The van der Waals surface area contributed by atoms with Crippen LogP contribution in [0.4, 0.5) is 23.4 Å². The zero-order chi connectivity index (χ0) is 21.2. The van der Waals surface area contributed by atoms with Crippen LogP contribution in [0.5, 0.6) is 0 Å². The number of carbonyl (C=O) groups is 1. The van der Waals surface area contributed by atoms with Gasteiger partial charge in [-0.3, -0.25) is 4.90 Å². The van der Waals surface area contributed by atoms with Gasteiger partial charge in [-0.1, -0.05) is 23.7 Å². The van der Waals surface area contributed by atoms with E-state index in [0.29, 0.717) is 31.7 Å². The molecule has 1 saturated heterocycles. The summed E-state index contributed by atoms with van der Waals surface area (Å²) in [7, 11) is 1.28. The number of piperazine rings is 1. The number of hydrogen-bond donors (Lipinski definition) is 0. The number of aromatic nitrogens is 1. The van der Waals surface area contributed by atoms with Crippen LogP contribution in [0.3, 0.4) is 0 Å². The van der Waals surface area contributed by atoms with Crippen LogP contribution in [0.25, 0.3) is 0 Å². The third-order valence-corrected chi connectivity index (χ3v) is 5.02. The Morgan fingerprint density at radius 3 is 2.31 bits per heavy atom. The van der Waals surface area contributed by atoms with E-state index in [4.69, 9.17) is 16.3 Å². The van der Waals surface area contributed by atoms with Crippen LogP contribution < -0.4 is 4.90 Å². The largest absolute Gasteiger partial charge is 0.468 e. The SMILES string of the molecule is COC(=O)C(c1ccc(F)cc1)N1CCN(c2ncc(C(F)(F)F)cc2Cl)CC1. The fourth-order valence-electron chi connectivity index (χ4n) is 3.26. The minimum atomic E-state index is -4.52. The number of methoxy groups -OCH3 is 1. The molecule has 2 heterocycles. The smallest absolute Gasteiger partial charge is 0.417 e. The molecule has 0 radical (unpaired) electrons. The molecule has 1 atom stereocenters. The van der Waals surface area contributed by atoms with Crippen molar-refractivity contribution in [1.82, 2.24) is 9.88 Å². The number of rotatable bonds is 4. The van der Waals surface area contributed by atoms with E-state index in [1.54, 1.807) is 4.90 Å². The summed E-state index contributed by atoms with van der Waals surface area (Å²) < 4.78 is 56.5. The van der Waals surface area contributed by atoms with Gasteiger partial charge < -0.3 is 9.64 Å². The molecule has 0 N–H and O–H groups in total. The first-order valence-corrected chi connectivity index (χ1v) is 9.13. The first-order valence-electron chi connectivity index (χ1n) is 8.75. The van der Waals surface area contributed by atoms with E-state index >= 15 is 0 Å². The molecule has 0 spiro atoms. The van der Waals surface area contributed by atoms with Gasteiger partial charge in [0.2, 0.25) is 0 Å². The van der Waals surface area contributed by atoms with Crippen molar-refractivity contribution in [2.45, 2.75) is 12.2 Å². The maximum absolute atomic E-state index is 13.2. The van der Waals surface area contributed by atoms with Crippen molar-refractivity contribution in [3.05, 3.63) is 58.5 Å². The van der Waals surface area contributed by atoms with Crippen molar-refractivity contribution in [3.63, 3.8) is 0 Å². The van der Waals surface area contributed by atoms with Crippen LogP contribution in [0.15, 0.2) is 36.5 Å². The molecule has 2 aromatic rings. The normalized spacial score (nSPS) is 16.6. The molecule has 0 bridgehead atoms. The van der Waals surface area contributed by atoms with Gasteiger partial charge in [-0.2, -0.15) is 13.2 Å². The van der Waals surface area contributed by atoms with Gasteiger partial charge >= 0.3 is 12.1 Å². The summed E-state index contributed by atoms with van der Waals surface area (Å²) in [5.74, 6) is -0.628. The summed E-state index contributed by atoms with van der Waals surface area (Å²) in [6.07, 6.45) is -3.76. The average Bonchev–Trinajstić information content (AvgIpc) is 2.69. The molecular weight excluding hydrogens is 414 g/mol. The Hall–Kier alpha value is -2.39. The van der Waals surface area contributed by atoms with E-state index < -0.39 is 29.6 Å². The monoisotopic (exact) mass is 431 g/mol. The van der Waals surface area contributed by atoms with E-state index in [1.807, 2.05) is 4.90 Å². The minimum absolute atomic E-state index is 0.0867. The lowest BCUT2D eigenvalue weighted by Crippen LogP contribution is -2.49. The molecule has 5 nitrogen and oxygen atoms in total. The highest BCUT2D eigenvalue weighted by Gasteiger charge is 2.34. The first kappa shape index (κ1) is 21.3. The maximum atomic E-state index is 13.2. The number of esters is 1. The second kappa shape index (κ2) is 8.54. The van der Waals surface area contributed by atoms with Gasteiger partial charge in [0.05, 0.1) is 17.7 Å². The number of benzene rings is 1. The summed E-state index contributed by atoms with van der Waals surface area (Å²) in [6.45, 7) is 1.62. The lowest BCUT2D eigenvalue weighted by atomic mass is 10.0. The van der Waals surface area contributed by atoms with Gasteiger partial charge in [0.25, 0.3) is 0 Å². The molecule has 1 aromatic carbocycles. The van der Waals surface area contributed by atoms with Crippen LogP contribution in [-0.2, 0) is 15.7 Å². The molecule has 1 unspecified atom stereocenters. The number of anilines is 1. The Morgan fingerprint density at radius 2 is 1.79 bits per heavy atom. The predicted octanol–water partition coefficient (Wildman–Crippen LogP) is 3.93. The number of alkyl halides is 3. The van der Waals surface area contributed by atoms with E-state index in [1.165, 1.54) is 31.4 Å². The van der Waals surface area contributed by atoms with Crippen molar-refractivity contribution in [2.75, 3.05) is 38.2 Å². The Kier molecular flexibility index (Phi) is 6.28. The molecule has 29 heavy (non-hydrogen) atoms. The summed E-state index contributed by atoms with van der Waals surface area (Å²) in [5.41, 5.74) is -0.315. The van der Waals surface area contributed by atoms with Crippen LogP contribution in [-0.4, -0.2) is 49.1 Å². The lowest BCUT2D eigenvalue weighted by Gasteiger charge is -2.39. The van der Waals surface area contributed by atoms with E-state index in [9.17, 15) is 22.4 Å². The Morgan fingerprint density at radius 1 is 1.17 bits per heavy atom. The third-order valence-electron chi connectivity index (χ3n) is 4.74. The average molecular weight is 432 g/mol. The second-order valence-electron chi connectivity index (χ2n) is 6.53. The second-order valence-corrected chi connectivity index (χ2v) is 6.93. The predicted molar refractivity (Wildman–Crippen MR) is 99.2 cm³/mol. The molecular formula is C19H18ClF4N3O2. The fourth-order valence-corrected chi connectivity index (χ4v) is 3.55. The van der Waals surface area contributed by atoms with E-state index in [2.05, 4.69) is 4.98 Å². The highest BCUT2D eigenvalue weighted by molar-refractivity contribution is 6.33. The Bertz CT molecular complexity index is 869. The fraction of sp³-hybridized carbons (Fsp3) is 0.368. The molecule has 1 aromatic heterocycles. The van der Waals surface area contributed by atoms with Crippen molar-refractivity contribution in [1.29, 1.82) is 0 Å². The molecule has 10 heteroatoms. The Labute approximate surface area is 169 Å². The zero-order valence-electron chi connectivity index (χ0n) is 15.4. The number of nitrogens with zero attached hydrogens (tertiary/aromatic N) is 3. The van der Waals surface area contributed by atoms with Crippen molar-refractivity contribution >= 4 is 23.4 Å². The minimum Gasteiger partial charge on any atom is -0.468 e. The third kappa shape index (κ3) is 4.79. The highest BCUT2D eigenvalue weighted by Crippen LogP contribution is 2.34. The van der Waals surface area contributed by atoms with Crippen LogP contribution >= 0.6 is 11.6 Å². The summed E-state index contributed by atoms with van der Waals surface area (Å²) in [6, 6.07) is 5.74. The molecule has 0 amide bonds. The molecule has 1 aliphatic heterocycles. The topological polar surface area (TPSA) is 45.7 Å². The molecule has 0 saturated carbocycles. The number of ether oxygens (including phenoxy) is 1. The molecule has 3 rings (SSSR count). The molecule has 156 valence electrons. The number of halogens is 5. The Balaban J connectivity index is 1.74. The van der Waals surface area contributed by atoms with Gasteiger partial charge in [-0.25, -0.2) is 14.2 Å². The van der Waals surface area contributed by atoms with Gasteiger partial charge in [-0.15, -0.1) is 0 Å². The van der Waals surface area contributed by atoms with Crippen molar-refractivity contribution in [2.24, 2.45) is 0 Å². The molecule has 0 aliphatic carbocycles. The van der Waals surface area contributed by atoms with Crippen molar-refractivity contribution < 1.29 is 27.1 Å². The first-order chi connectivity index (χ1) is 13.7. The highest BCUT2D eigenvalue weighted by atomic mass is 35.5. The standard InChI is InChI=1S/C19H18ClF4N3O2/c1-29-18(28)16(12-2-4-14(21)5-3-12)26-6-8-27(9-7-26)17-15(20)10-13(11-25-17)19(22,23)24/h2-5,10-11,16H,6-9H2,1H3. The van der Waals surface area contributed by atoms with Crippen LogP contribution in [0.2, 0.25) is 5.02 Å². The van der Waals surface area contributed by atoms with Gasteiger partial charge in [0, 0.05) is 32.4 Å². The quantitative estimate of drug-likeness (QED) is 0.542.